The smallest absolute Gasteiger partial charge is 0.119 e. The molecule has 0 fully saturated rings. The maximum atomic E-state index is 9.46. The minimum atomic E-state index is -0.605. The van der Waals surface area contributed by atoms with Crippen LogP contribution in [0.4, 0.5) is 0 Å². The van der Waals surface area contributed by atoms with Crippen molar-refractivity contribution in [2.75, 3.05) is 13.2 Å². The van der Waals surface area contributed by atoms with Crippen molar-refractivity contribution in [2.24, 2.45) is 0 Å². The van der Waals surface area contributed by atoms with E-state index in [0.717, 1.165) is 0 Å². The maximum absolute atomic E-state index is 9.46. The normalized spacial score (nSPS) is 12.8. The summed E-state index contributed by atoms with van der Waals surface area (Å²) in [5.41, 5.74) is 0.658. The van der Waals surface area contributed by atoms with Gasteiger partial charge in [0.25, 0.3) is 0 Å². The van der Waals surface area contributed by atoms with E-state index in [2.05, 4.69) is 4.98 Å². The molecule has 66 valence electrons. The molecule has 0 aromatic carbocycles. The fourth-order valence-corrected chi connectivity index (χ4v) is 0.888. The Balaban J connectivity index is 2.48. The summed E-state index contributed by atoms with van der Waals surface area (Å²) in [6.07, 6.45) is 1.05. The van der Waals surface area contributed by atoms with Gasteiger partial charge in [-0.25, -0.2) is 0 Å². The number of hydrogen-bond donors (Lipinski definition) is 1. The molecule has 0 aliphatic heterocycles. The predicted octanol–water partition coefficient (Wildman–Crippen LogP) is 1.15. The minimum absolute atomic E-state index is 0.313. The van der Waals surface area contributed by atoms with Crippen LogP contribution < -0.4 is 0 Å². The van der Waals surface area contributed by atoms with Crippen LogP contribution in [0.25, 0.3) is 0 Å². The van der Waals surface area contributed by atoms with Gasteiger partial charge in [0.05, 0.1) is 12.3 Å². The van der Waals surface area contributed by atoms with Gasteiger partial charge < -0.3 is 9.84 Å². The Morgan fingerprint density at radius 2 is 2.42 bits per heavy atom. The van der Waals surface area contributed by atoms with Crippen LogP contribution in [0.3, 0.4) is 0 Å². The Kier molecular flexibility index (Phi) is 3.70. The summed E-state index contributed by atoms with van der Waals surface area (Å²) in [6.45, 7) is 2.82. The quantitative estimate of drug-likeness (QED) is 0.731. The number of aliphatic hydroxyl groups is 1. The van der Waals surface area contributed by atoms with Crippen molar-refractivity contribution in [3.63, 3.8) is 0 Å². The molecule has 0 amide bonds. The molecular weight excluding hydrogens is 154 g/mol. The fourth-order valence-electron chi connectivity index (χ4n) is 0.888. The van der Waals surface area contributed by atoms with Gasteiger partial charge in [0.2, 0.25) is 0 Å². The Bertz CT molecular complexity index is 213. The van der Waals surface area contributed by atoms with Gasteiger partial charge in [0.15, 0.2) is 0 Å². The van der Waals surface area contributed by atoms with Crippen molar-refractivity contribution in [2.45, 2.75) is 13.0 Å². The Morgan fingerprint density at radius 3 is 3.00 bits per heavy atom. The van der Waals surface area contributed by atoms with Crippen LogP contribution >= 0.6 is 0 Å². The van der Waals surface area contributed by atoms with Crippen LogP contribution in [0.1, 0.15) is 18.7 Å². The second-order valence-electron chi connectivity index (χ2n) is 2.43. The second-order valence-corrected chi connectivity index (χ2v) is 2.43. The molecule has 1 aromatic heterocycles. The lowest BCUT2D eigenvalue weighted by molar-refractivity contribution is 0.0398. The standard InChI is InChI=1S/C9H13NO2/c1-2-12-7-9(11)8-5-3-4-6-10-8/h3-6,9,11H,2,7H2,1H3. The predicted molar refractivity (Wildman–Crippen MR) is 45.7 cm³/mol. The van der Waals surface area contributed by atoms with Crippen molar-refractivity contribution < 1.29 is 9.84 Å². The van der Waals surface area contributed by atoms with E-state index in [4.69, 9.17) is 4.74 Å². The van der Waals surface area contributed by atoms with Crippen molar-refractivity contribution >= 4 is 0 Å². The van der Waals surface area contributed by atoms with Crippen LogP contribution in [0.2, 0.25) is 0 Å². The lowest BCUT2D eigenvalue weighted by Crippen LogP contribution is -2.08. The molecule has 1 atom stereocenters. The highest BCUT2D eigenvalue weighted by Gasteiger charge is 2.06. The second kappa shape index (κ2) is 4.85. The summed E-state index contributed by atoms with van der Waals surface area (Å²) >= 11 is 0. The number of hydrogen-bond acceptors (Lipinski definition) is 3. The first kappa shape index (κ1) is 9.16. The monoisotopic (exact) mass is 167 g/mol. The first-order valence-electron chi connectivity index (χ1n) is 4.01. The number of aliphatic hydroxyl groups excluding tert-OH is 1. The molecule has 0 saturated heterocycles. The average molecular weight is 167 g/mol. The topological polar surface area (TPSA) is 42.4 Å². The molecule has 12 heavy (non-hydrogen) atoms. The third-order valence-corrected chi connectivity index (χ3v) is 1.51. The molecule has 3 heteroatoms. The van der Waals surface area contributed by atoms with Crippen LogP contribution in [0.5, 0.6) is 0 Å². The zero-order chi connectivity index (χ0) is 8.81. The number of ether oxygens (including phenoxy) is 1. The van der Waals surface area contributed by atoms with Crippen molar-refractivity contribution in [1.29, 1.82) is 0 Å². The highest BCUT2D eigenvalue weighted by molar-refractivity contribution is 5.06. The molecule has 0 aliphatic carbocycles. The average Bonchev–Trinajstić information content (AvgIpc) is 2.15. The molecular formula is C9H13NO2. The van der Waals surface area contributed by atoms with Gasteiger partial charge in [0, 0.05) is 12.8 Å². The Hall–Kier alpha value is -0.930. The zero-order valence-electron chi connectivity index (χ0n) is 7.10. The highest BCUT2D eigenvalue weighted by Crippen LogP contribution is 2.08. The van der Waals surface area contributed by atoms with Gasteiger partial charge in [-0.15, -0.1) is 0 Å². The molecule has 0 saturated carbocycles. The van der Waals surface area contributed by atoms with E-state index < -0.39 is 6.10 Å². The van der Waals surface area contributed by atoms with E-state index >= 15 is 0 Å². The van der Waals surface area contributed by atoms with Gasteiger partial charge in [-0.1, -0.05) is 6.07 Å². The third-order valence-electron chi connectivity index (χ3n) is 1.51. The zero-order valence-corrected chi connectivity index (χ0v) is 7.10. The summed E-state index contributed by atoms with van der Waals surface area (Å²) < 4.78 is 5.06. The van der Waals surface area contributed by atoms with Crippen LogP contribution in [-0.2, 0) is 4.74 Å². The number of pyridine rings is 1. The van der Waals surface area contributed by atoms with Crippen LogP contribution in [0.15, 0.2) is 24.4 Å². The Labute approximate surface area is 72.0 Å². The molecule has 0 spiro atoms. The highest BCUT2D eigenvalue weighted by atomic mass is 16.5. The van der Waals surface area contributed by atoms with Crippen molar-refractivity contribution in [3.05, 3.63) is 30.1 Å². The third kappa shape index (κ3) is 2.60. The van der Waals surface area contributed by atoms with E-state index in [9.17, 15) is 5.11 Å². The summed E-state index contributed by atoms with van der Waals surface area (Å²) in [5.74, 6) is 0. The molecule has 0 radical (unpaired) electrons. The molecule has 1 rings (SSSR count). The van der Waals surface area contributed by atoms with Crippen LogP contribution in [-0.4, -0.2) is 23.3 Å². The first-order valence-corrected chi connectivity index (χ1v) is 4.01. The van der Waals surface area contributed by atoms with E-state index in [1.165, 1.54) is 0 Å². The minimum Gasteiger partial charge on any atom is -0.384 e. The van der Waals surface area contributed by atoms with E-state index in [0.29, 0.717) is 18.9 Å². The molecule has 0 aliphatic rings. The van der Waals surface area contributed by atoms with Crippen molar-refractivity contribution in [1.82, 2.24) is 4.98 Å². The van der Waals surface area contributed by atoms with E-state index in [1.807, 2.05) is 19.1 Å². The summed E-state index contributed by atoms with van der Waals surface area (Å²) in [5, 5.41) is 9.46. The molecule has 3 nitrogen and oxygen atoms in total. The largest absolute Gasteiger partial charge is 0.384 e. The molecule has 1 heterocycles. The van der Waals surface area contributed by atoms with Gasteiger partial charge >= 0.3 is 0 Å². The van der Waals surface area contributed by atoms with Crippen LogP contribution in [0, 0.1) is 0 Å². The lowest BCUT2D eigenvalue weighted by Gasteiger charge is -2.08. The first-order chi connectivity index (χ1) is 5.84. The molecule has 0 bridgehead atoms. The van der Waals surface area contributed by atoms with E-state index in [-0.39, 0.29) is 0 Å². The summed E-state index contributed by atoms with van der Waals surface area (Å²) in [6, 6.07) is 5.44. The number of aromatic nitrogens is 1. The van der Waals surface area contributed by atoms with Gasteiger partial charge in [0.1, 0.15) is 6.10 Å². The number of nitrogens with zero attached hydrogens (tertiary/aromatic N) is 1. The summed E-state index contributed by atoms with van der Waals surface area (Å²) in [7, 11) is 0. The Morgan fingerprint density at radius 1 is 1.58 bits per heavy atom. The SMILES string of the molecule is CCOCC(O)c1ccccn1. The van der Waals surface area contributed by atoms with Gasteiger partial charge in [-0.05, 0) is 19.1 Å². The lowest BCUT2D eigenvalue weighted by atomic mass is 10.2. The van der Waals surface area contributed by atoms with E-state index in [1.54, 1.807) is 12.3 Å². The molecule has 1 N–H and O–H groups in total. The maximum Gasteiger partial charge on any atom is 0.119 e. The fraction of sp³-hybridized carbons (Fsp3) is 0.444. The number of rotatable bonds is 4. The molecule has 1 unspecified atom stereocenters. The van der Waals surface area contributed by atoms with Gasteiger partial charge in [-0.3, -0.25) is 4.98 Å². The molecule has 1 aromatic rings. The summed E-state index contributed by atoms with van der Waals surface area (Å²) in [4.78, 5) is 4.00. The van der Waals surface area contributed by atoms with Crippen molar-refractivity contribution in [3.8, 4) is 0 Å². The van der Waals surface area contributed by atoms with Gasteiger partial charge in [-0.2, -0.15) is 0 Å².